The fourth-order valence-corrected chi connectivity index (χ4v) is 6.51. The number of hydroxylamine groups is 1. The van der Waals surface area contributed by atoms with Gasteiger partial charge >= 0.3 is 0 Å². The Balaban J connectivity index is 1.26. The zero-order valence-corrected chi connectivity index (χ0v) is 30.0. The third-order valence-corrected chi connectivity index (χ3v) is 9.74. The molecule has 276 valence electrons. The van der Waals surface area contributed by atoms with Gasteiger partial charge in [-0.1, -0.05) is 97.4 Å². The van der Waals surface area contributed by atoms with Gasteiger partial charge in [-0.25, -0.2) is 5.48 Å². The summed E-state index contributed by atoms with van der Waals surface area (Å²) < 4.78 is 13.3. The summed E-state index contributed by atoms with van der Waals surface area (Å²) >= 11 is 0. The first-order chi connectivity index (χ1) is 25.2. The molecule has 5 unspecified atom stereocenters. The molecule has 5 N–H and O–H groups in total. The molecule has 10 heteroatoms. The van der Waals surface area contributed by atoms with E-state index in [1.807, 2.05) is 105 Å². The van der Waals surface area contributed by atoms with Crippen molar-refractivity contribution in [2.24, 2.45) is 0 Å². The second-order valence-electron chi connectivity index (χ2n) is 13.6. The molecule has 5 atom stereocenters. The predicted molar refractivity (Wildman–Crippen MR) is 199 cm³/mol. The van der Waals surface area contributed by atoms with E-state index in [-0.39, 0.29) is 37.2 Å². The Morgan fingerprint density at radius 1 is 0.808 bits per heavy atom. The predicted octanol–water partition coefficient (Wildman–Crippen LogP) is 6.52. The molecule has 4 aromatic rings. The SMILES string of the molecule is CC(C(O)c1ccccc1)N(C)CC1CC(c2ccc(CO)cc2)OC(c2cccc(-c3cccc(CNC(=O)CCCCCC(=O)NO)c3)c2)O1. The lowest BCUT2D eigenvalue weighted by atomic mass is 9.97. The number of hydrogen-bond donors (Lipinski definition) is 5. The van der Waals surface area contributed by atoms with E-state index < -0.39 is 18.3 Å². The van der Waals surface area contributed by atoms with Crippen LogP contribution < -0.4 is 10.8 Å². The standard InChI is InChI=1S/C42H51N3O7/c1-29(41(49)33-12-5-3-6-13-33)45(2)27-37-25-38(32-21-19-30(28-46)20-22-32)52-42(51-37)36-16-10-15-35(24-36)34-14-9-11-31(23-34)26-43-39(47)17-7-4-8-18-40(48)44-50/h3,5-6,9-16,19-24,29,37-38,41-42,46,49-50H,4,7-8,17-18,25-28H2,1-2H3,(H,43,47)(H,44,48). The van der Waals surface area contributed by atoms with Crippen LogP contribution in [0.4, 0.5) is 0 Å². The summed E-state index contributed by atoms with van der Waals surface area (Å²) in [5, 5.41) is 32.3. The van der Waals surface area contributed by atoms with E-state index in [4.69, 9.17) is 14.7 Å². The molecule has 0 spiro atoms. The molecule has 1 saturated heterocycles. The molecule has 4 aromatic carbocycles. The van der Waals surface area contributed by atoms with Crippen molar-refractivity contribution < 1.29 is 34.5 Å². The van der Waals surface area contributed by atoms with Gasteiger partial charge in [-0.05, 0) is 72.3 Å². The average molecular weight is 710 g/mol. The van der Waals surface area contributed by atoms with Crippen molar-refractivity contribution in [3.8, 4) is 11.1 Å². The smallest absolute Gasteiger partial charge is 0.243 e. The van der Waals surface area contributed by atoms with E-state index in [9.17, 15) is 19.8 Å². The number of nitrogens with one attached hydrogen (secondary N) is 2. The van der Waals surface area contributed by atoms with Gasteiger partial charge in [0.2, 0.25) is 11.8 Å². The summed E-state index contributed by atoms with van der Waals surface area (Å²) in [4.78, 5) is 25.7. The molecule has 1 aliphatic heterocycles. The van der Waals surface area contributed by atoms with Crippen LogP contribution in [0, 0.1) is 0 Å². The number of nitrogens with zero attached hydrogens (tertiary/aromatic N) is 1. The van der Waals surface area contributed by atoms with Crippen LogP contribution in [0.1, 0.15) is 91.8 Å². The zero-order valence-electron chi connectivity index (χ0n) is 30.0. The van der Waals surface area contributed by atoms with Crippen molar-refractivity contribution in [3.63, 3.8) is 0 Å². The van der Waals surface area contributed by atoms with Crippen LogP contribution in [0.25, 0.3) is 11.1 Å². The highest BCUT2D eigenvalue weighted by atomic mass is 16.7. The van der Waals surface area contributed by atoms with Crippen molar-refractivity contribution >= 4 is 11.8 Å². The number of ether oxygens (including phenoxy) is 2. The number of rotatable bonds is 17. The van der Waals surface area contributed by atoms with E-state index in [0.717, 1.165) is 45.4 Å². The van der Waals surface area contributed by atoms with Crippen LogP contribution in [0.15, 0.2) is 103 Å². The summed E-state index contributed by atoms with van der Waals surface area (Å²) in [7, 11) is 2.01. The minimum absolute atomic E-state index is 0.0258. The van der Waals surface area contributed by atoms with Crippen molar-refractivity contribution in [2.45, 2.75) is 89.2 Å². The van der Waals surface area contributed by atoms with Gasteiger partial charge in [-0.2, -0.15) is 0 Å². The summed E-state index contributed by atoms with van der Waals surface area (Å²) in [6.07, 6.45) is 1.54. The number of aliphatic hydroxyl groups is 2. The maximum absolute atomic E-state index is 12.4. The Morgan fingerprint density at radius 3 is 2.21 bits per heavy atom. The van der Waals surface area contributed by atoms with Crippen molar-refractivity contribution in [2.75, 3.05) is 13.6 Å². The van der Waals surface area contributed by atoms with Crippen LogP contribution in [0.3, 0.4) is 0 Å². The number of carbonyl (C=O) groups excluding carboxylic acids is 2. The molecular weight excluding hydrogens is 658 g/mol. The minimum atomic E-state index is -0.650. The maximum atomic E-state index is 12.4. The normalized spacial score (nSPS) is 18.5. The zero-order chi connectivity index (χ0) is 36.9. The largest absolute Gasteiger partial charge is 0.392 e. The molecule has 0 aromatic heterocycles. The summed E-state index contributed by atoms with van der Waals surface area (Å²) in [5.41, 5.74) is 8.20. The van der Waals surface area contributed by atoms with E-state index in [1.165, 1.54) is 0 Å². The number of carbonyl (C=O) groups is 2. The Hall–Kier alpha value is -4.42. The van der Waals surface area contributed by atoms with Crippen molar-refractivity contribution in [3.05, 3.63) is 131 Å². The lowest BCUT2D eigenvalue weighted by Gasteiger charge is -2.39. The van der Waals surface area contributed by atoms with E-state index in [1.54, 1.807) is 5.48 Å². The Bertz CT molecular complexity index is 1720. The molecule has 1 fully saturated rings. The molecule has 52 heavy (non-hydrogen) atoms. The fourth-order valence-electron chi connectivity index (χ4n) is 6.51. The highest BCUT2D eigenvalue weighted by Gasteiger charge is 2.34. The molecule has 10 nitrogen and oxygen atoms in total. The van der Waals surface area contributed by atoms with Gasteiger partial charge in [-0.3, -0.25) is 19.7 Å². The number of hydrogen-bond acceptors (Lipinski definition) is 8. The third-order valence-electron chi connectivity index (χ3n) is 9.74. The monoisotopic (exact) mass is 709 g/mol. The van der Waals surface area contributed by atoms with Crippen LogP contribution in [-0.2, 0) is 32.2 Å². The average Bonchev–Trinajstić information content (AvgIpc) is 3.19. The molecule has 0 bridgehead atoms. The quantitative estimate of drug-likeness (QED) is 0.0475. The lowest BCUT2D eigenvalue weighted by Crippen LogP contribution is -2.43. The lowest BCUT2D eigenvalue weighted by molar-refractivity contribution is -0.253. The summed E-state index contributed by atoms with van der Waals surface area (Å²) in [6, 6.07) is 33.6. The molecular formula is C42H51N3O7. The van der Waals surface area contributed by atoms with Crippen LogP contribution in [0.2, 0.25) is 0 Å². The van der Waals surface area contributed by atoms with Gasteiger partial charge < -0.3 is 25.0 Å². The maximum Gasteiger partial charge on any atom is 0.243 e. The summed E-state index contributed by atoms with van der Waals surface area (Å²) in [6.45, 7) is 2.98. The van der Waals surface area contributed by atoms with Crippen LogP contribution in [0.5, 0.6) is 0 Å². The summed E-state index contributed by atoms with van der Waals surface area (Å²) in [5.74, 6) is -0.461. The highest BCUT2D eigenvalue weighted by Crippen LogP contribution is 2.39. The Kier molecular flexibility index (Phi) is 14.5. The van der Waals surface area contributed by atoms with Gasteiger partial charge in [0, 0.05) is 44.0 Å². The van der Waals surface area contributed by atoms with Gasteiger partial charge in [0.1, 0.15) is 0 Å². The third kappa shape index (κ3) is 11.0. The van der Waals surface area contributed by atoms with Crippen LogP contribution >= 0.6 is 0 Å². The van der Waals surface area contributed by atoms with E-state index in [2.05, 4.69) is 22.3 Å². The molecule has 1 heterocycles. The molecule has 0 radical (unpaired) electrons. The van der Waals surface area contributed by atoms with Gasteiger partial charge in [0.15, 0.2) is 6.29 Å². The molecule has 0 aliphatic carbocycles. The second-order valence-corrected chi connectivity index (χ2v) is 13.6. The van der Waals surface area contributed by atoms with Gasteiger partial charge in [0.25, 0.3) is 0 Å². The minimum Gasteiger partial charge on any atom is -0.392 e. The van der Waals surface area contributed by atoms with E-state index >= 15 is 0 Å². The number of benzene rings is 4. The molecule has 0 saturated carbocycles. The topological polar surface area (TPSA) is 141 Å². The molecule has 1 aliphatic rings. The first-order valence-electron chi connectivity index (χ1n) is 18.1. The molecule has 2 amide bonds. The number of likely N-dealkylation sites (N-methyl/N-ethyl adjacent to an activating group) is 1. The Labute approximate surface area is 306 Å². The van der Waals surface area contributed by atoms with Crippen molar-refractivity contribution in [1.29, 1.82) is 0 Å². The highest BCUT2D eigenvalue weighted by molar-refractivity contribution is 5.76. The second kappa shape index (κ2) is 19.4. The number of unbranched alkanes of at least 4 members (excludes halogenated alkanes) is 2. The van der Waals surface area contributed by atoms with Crippen molar-refractivity contribution in [1.82, 2.24) is 15.7 Å². The van der Waals surface area contributed by atoms with Gasteiger partial charge in [-0.15, -0.1) is 0 Å². The fraction of sp³-hybridized carbons (Fsp3) is 0.381. The number of aliphatic hydroxyl groups excluding tert-OH is 2. The number of amides is 2. The first-order valence-corrected chi connectivity index (χ1v) is 18.1. The van der Waals surface area contributed by atoms with Crippen LogP contribution in [-0.4, -0.2) is 57.9 Å². The first kappa shape index (κ1) is 38.8. The van der Waals surface area contributed by atoms with E-state index in [0.29, 0.717) is 38.8 Å². The van der Waals surface area contributed by atoms with Gasteiger partial charge in [0.05, 0.1) is 24.9 Å². The molecule has 5 rings (SSSR count). The Morgan fingerprint density at radius 2 is 1.50 bits per heavy atom.